The lowest BCUT2D eigenvalue weighted by atomic mass is 10.0. The molecule has 2 atom stereocenters. The van der Waals surface area contributed by atoms with Gasteiger partial charge in [-0.3, -0.25) is 4.79 Å². The van der Waals surface area contributed by atoms with Crippen molar-refractivity contribution < 1.29 is 14.3 Å². The highest BCUT2D eigenvalue weighted by molar-refractivity contribution is 8.01. The van der Waals surface area contributed by atoms with E-state index in [4.69, 9.17) is 16.3 Å². The van der Waals surface area contributed by atoms with Gasteiger partial charge in [0.25, 0.3) is 0 Å². The molecule has 0 radical (unpaired) electrons. The van der Waals surface area contributed by atoms with E-state index in [9.17, 15) is 9.59 Å². The van der Waals surface area contributed by atoms with Gasteiger partial charge in [-0.05, 0) is 19.4 Å². The van der Waals surface area contributed by atoms with E-state index < -0.39 is 16.8 Å². The predicted molar refractivity (Wildman–Crippen MR) is 84.2 cm³/mol. The third-order valence-corrected chi connectivity index (χ3v) is 5.30. The number of thioether (sulfide) groups is 1. The number of esters is 1. The van der Waals surface area contributed by atoms with Crippen molar-refractivity contribution in [2.24, 2.45) is 0 Å². The van der Waals surface area contributed by atoms with Crippen molar-refractivity contribution in [1.82, 2.24) is 4.90 Å². The molecule has 0 saturated carbocycles. The second-order valence-electron chi connectivity index (χ2n) is 5.34. The molecule has 4 nitrogen and oxygen atoms in total. The number of alkyl halides is 1. The van der Waals surface area contributed by atoms with Crippen molar-refractivity contribution in [2.75, 3.05) is 13.0 Å². The van der Waals surface area contributed by atoms with Crippen molar-refractivity contribution in [3.05, 3.63) is 35.9 Å². The third kappa shape index (κ3) is 3.04. The molecule has 1 aliphatic heterocycles. The molecule has 2 rings (SSSR count). The smallest absolute Gasteiger partial charge is 0.330 e. The Morgan fingerprint density at radius 3 is 2.48 bits per heavy atom. The number of carbonyl (C=O) groups is 2. The van der Waals surface area contributed by atoms with E-state index in [1.807, 2.05) is 44.2 Å². The van der Waals surface area contributed by atoms with Gasteiger partial charge in [-0.25, -0.2) is 4.79 Å². The third-order valence-electron chi connectivity index (χ3n) is 3.52. The maximum absolute atomic E-state index is 12.3. The molecule has 0 aromatic heterocycles. The molecule has 0 N–H and O–H groups in total. The fourth-order valence-electron chi connectivity index (χ4n) is 2.58. The Morgan fingerprint density at radius 2 is 1.95 bits per heavy atom. The SMILES string of the molecule is COC(=O)C1N(C(=O)CCl)C(c2ccccc2)SC1(C)C. The monoisotopic (exact) mass is 327 g/mol. The molecular weight excluding hydrogens is 310 g/mol. The van der Waals surface area contributed by atoms with E-state index in [1.165, 1.54) is 7.11 Å². The first-order chi connectivity index (χ1) is 9.92. The van der Waals surface area contributed by atoms with Gasteiger partial charge in [0.1, 0.15) is 17.3 Å². The quantitative estimate of drug-likeness (QED) is 0.632. The van der Waals surface area contributed by atoms with Crippen LogP contribution in [0, 0.1) is 0 Å². The number of rotatable bonds is 3. The molecule has 1 fully saturated rings. The first kappa shape index (κ1) is 16.2. The summed E-state index contributed by atoms with van der Waals surface area (Å²) in [7, 11) is 1.34. The minimum atomic E-state index is -0.649. The lowest BCUT2D eigenvalue weighted by Gasteiger charge is -2.30. The van der Waals surface area contributed by atoms with Crippen molar-refractivity contribution in [1.29, 1.82) is 0 Å². The Labute approximate surface area is 133 Å². The zero-order valence-electron chi connectivity index (χ0n) is 12.2. The van der Waals surface area contributed by atoms with Gasteiger partial charge in [-0.15, -0.1) is 23.4 Å². The van der Waals surface area contributed by atoms with Crippen LogP contribution in [-0.4, -0.2) is 40.6 Å². The standard InChI is InChI=1S/C15H18ClNO3S/c1-15(2)12(14(19)20-3)17(11(18)9-16)13(21-15)10-7-5-4-6-8-10/h4-8,12-13H,9H2,1-3H3. The second-order valence-corrected chi connectivity index (χ2v) is 7.35. The summed E-state index contributed by atoms with van der Waals surface area (Å²) in [5.74, 6) is -0.837. The molecule has 114 valence electrons. The predicted octanol–water partition coefficient (Wildman–Crippen LogP) is 2.82. The number of carbonyl (C=O) groups excluding carboxylic acids is 2. The van der Waals surface area contributed by atoms with Gasteiger partial charge >= 0.3 is 5.97 Å². The lowest BCUT2D eigenvalue weighted by Crippen LogP contribution is -2.50. The summed E-state index contributed by atoms with van der Waals surface area (Å²) in [6.07, 6.45) is 0. The van der Waals surface area contributed by atoms with Gasteiger partial charge in [-0.2, -0.15) is 0 Å². The van der Waals surface area contributed by atoms with Crippen LogP contribution in [-0.2, 0) is 14.3 Å². The van der Waals surface area contributed by atoms with Gasteiger partial charge in [0.2, 0.25) is 5.91 Å². The molecule has 1 aliphatic rings. The highest BCUT2D eigenvalue weighted by Crippen LogP contribution is 2.52. The Bertz CT molecular complexity index is 535. The first-order valence-electron chi connectivity index (χ1n) is 6.60. The molecule has 2 unspecified atom stereocenters. The lowest BCUT2D eigenvalue weighted by molar-refractivity contribution is -0.152. The Hall–Kier alpha value is -1.20. The summed E-state index contributed by atoms with van der Waals surface area (Å²) in [4.78, 5) is 26.0. The molecule has 6 heteroatoms. The molecule has 1 heterocycles. The largest absolute Gasteiger partial charge is 0.467 e. The highest BCUT2D eigenvalue weighted by Gasteiger charge is 2.53. The maximum atomic E-state index is 12.3. The van der Waals surface area contributed by atoms with Crippen LogP contribution in [0.25, 0.3) is 0 Å². The van der Waals surface area contributed by atoms with Crippen LogP contribution in [0.4, 0.5) is 0 Å². The zero-order chi connectivity index (χ0) is 15.6. The molecule has 1 aromatic carbocycles. The van der Waals surface area contributed by atoms with Crippen molar-refractivity contribution >= 4 is 35.2 Å². The number of ether oxygens (including phenoxy) is 1. The highest BCUT2D eigenvalue weighted by atomic mass is 35.5. The van der Waals surface area contributed by atoms with Gasteiger partial charge in [0.15, 0.2) is 0 Å². The molecular formula is C15H18ClNO3S. The van der Waals surface area contributed by atoms with E-state index in [0.717, 1.165) is 5.56 Å². The summed E-state index contributed by atoms with van der Waals surface area (Å²) in [5.41, 5.74) is 0.973. The molecule has 1 saturated heterocycles. The van der Waals surface area contributed by atoms with Crippen molar-refractivity contribution in [3.63, 3.8) is 0 Å². The fourth-order valence-corrected chi connectivity index (χ4v) is 4.28. The molecule has 21 heavy (non-hydrogen) atoms. The van der Waals surface area contributed by atoms with Gasteiger partial charge in [0.05, 0.1) is 7.11 Å². The Balaban J connectivity index is 2.46. The summed E-state index contributed by atoms with van der Waals surface area (Å²) >= 11 is 7.31. The van der Waals surface area contributed by atoms with Crippen LogP contribution in [0.2, 0.25) is 0 Å². The van der Waals surface area contributed by atoms with Crippen LogP contribution >= 0.6 is 23.4 Å². The summed E-state index contributed by atoms with van der Waals surface area (Å²) in [6, 6.07) is 8.99. The normalized spacial score (nSPS) is 23.9. The summed E-state index contributed by atoms with van der Waals surface area (Å²) in [6.45, 7) is 3.88. The van der Waals surface area contributed by atoms with E-state index in [1.54, 1.807) is 16.7 Å². The molecule has 0 spiro atoms. The molecule has 0 bridgehead atoms. The number of benzene rings is 1. The van der Waals surface area contributed by atoms with Gasteiger partial charge in [0, 0.05) is 4.75 Å². The van der Waals surface area contributed by atoms with E-state index >= 15 is 0 Å². The topological polar surface area (TPSA) is 46.6 Å². The average molecular weight is 328 g/mol. The number of amides is 1. The molecule has 0 aliphatic carbocycles. The van der Waals surface area contributed by atoms with E-state index in [0.29, 0.717) is 0 Å². The van der Waals surface area contributed by atoms with Crippen LogP contribution < -0.4 is 0 Å². The van der Waals surface area contributed by atoms with Crippen LogP contribution in [0.3, 0.4) is 0 Å². The van der Waals surface area contributed by atoms with Crippen LogP contribution in [0.15, 0.2) is 30.3 Å². The van der Waals surface area contributed by atoms with Gasteiger partial charge < -0.3 is 9.64 Å². The van der Waals surface area contributed by atoms with Crippen LogP contribution in [0.5, 0.6) is 0 Å². The number of halogens is 1. The Morgan fingerprint density at radius 1 is 1.33 bits per heavy atom. The first-order valence-corrected chi connectivity index (χ1v) is 8.01. The maximum Gasteiger partial charge on any atom is 0.330 e. The van der Waals surface area contributed by atoms with Crippen molar-refractivity contribution in [2.45, 2.75) is 30.0 Å². The van der Waals surface area contributed by atoms with Gasteiger partial charge in [-0.1, -0.05) is 30.3 Å². The average Bonchev–Trinajstić information content (AvgIpc) is 2.78. The Kier molecular flexibility index (Phi) is 4.84. The minimum Gasteiger partial charge on any atom is -0.467 e. The fraction of sp³-hybridized carbons (Fsp3) is 0.467. The van der Waals surface area contributed by atoms with E-state index in [-0.39, 0.29) is 17.2 Å². The van der Waals surface area contributed by atoms with Crippen LogP contribution in [0.1, 0.15) is 24.8 Å². The number of hydrogen-bond acceptors (Lipinski definition) is 4. The van der Waals surface area contributed by atoms with Crippen molar-refractivity contribution in [3.8, 4) is 0 Å². The number of nitrogens with zero attached hydrogens (tertiary/aromatic N) is 1. The van der Waals surface area contributed by atoms with E-state index in [2.05, 4.69) is 0 Å². The molecule has 1 amide bonds. The number of methoxy groups -OCH3 is 1. The number of hydrogen-bond donors (Lipinski definition) is 0. The zero-order valence-corrected chi connectivity index (χ0v) is 13.8. The summed E-state index contributed by atoms with van der Waals surface area (Å²) < 4.78 is 4.44. The minimum absolute atomic E-state index is 0.159. The molecule has 1 aromatic rings. The second kappa shape index (κ2) is 6.28. The summed E-state index contributed by atoms with van der Waals surface area (Å²) in [5, 5.41) is -0.239.